The largest absolute Gasteiger partial charge is 0.263 e. The van der Waals surface area contributed by atoms with Crippen molar-refractivity contribution in [2.45, 2.75) is 17.1 Å². The third-order valence-electron chi connectivity index (χ3n) is 1.79. The van der Waals surface area contributed by atoms with E-state index < -0.39 is 15.1 Å². The fraction of sp³-hybridized carbons (Fsp3) is 0.375. The summed E-state index contributed by atoms with van der Waals surface area (Å²) in [5.74, 6) is 0.0805. The van der Waals surface area contributed by atoms with Gasteiger partial charge in [-0.1, -0.05) is 0 Å². The number of sulfone groups is 1. The van der Waals surface area contributed by atoms with E-state index in [4.69, 9.17) is 11.6 Å². The Kier molecular flexibility index (Phi) is 3.92. The van der Waals surface area contributed by atoms with Crippen molar-refractivity contribution >= 4 is 37.4 Å². The van der Waals surface area contributed by atoms with Crippen LogP contribution in [0.15, 0.2) is 27.8 Å². The van der Waals surface area contributed by atoms with Crippen LogP contribution < -0.4 is 0 Å². The number of alkyl halides is 1. The fourth-order valence-corrected chi connectivity index (χ4v) is 3.49. The third-order valence-corrected chi connectivity index (χ3v) is 5.52. The lowest BCUT2D eigenvalue weighted by Crippen LogP contribution is -2.19. The van der Waals surface area contributed by atoms with Crippen molar-refractivity contribution < 1.29 is 8.42 Å². The first-order valence-electron chi connectivity index (χ1n) is 3.89. The van der Waals surface area contributed by atoms with Gasteiger partial charge in [0.05, 0.1) is 14.6 Å². The Labute approximate surface area is 96.5 Å². The van der Waals surface area contributed by atoms with Crippen LogP contribution in [0.1, 0.15) is 6.92 Å². The second-order valence-electron chi connectivity index (χ2n) is 2.82. The number of hydrogen-bond acceptors (Lipinski definition) is 3. The highest BCUT2D eigenvalue weighted by Gasteiger charge is 2.24. The molecule has 1 rings (SSSR count). The van der Waals surface area contributed by atoms with Gasteiger partial charge in [-0.05, 0) is 28.9 Å². The minimum absolute atomic E-state index is 0.0805. The summed E-state index contributed by atoms with van der Waals surface area (Å²) in [4.78, 5) is 4.04. The molecule has 1 aromatic rings. The Morgan fingerprint density at radius 1 is 1.64 bits per heavy atom. The maximum atomic E-state index is 11.8. The lowest BCUT2D eigenvalue weighted by atomic mass is 10.5. The molecule has 0 N–H and O–H groups in total. The molecule has 1 heterocycles. The zero-order valence-electron chi connectivity index (χ0n) is 7.44. The maximum Gasteiger partial charge on any atom is 0.183 e. The van der Waals surface area contributed by atoms with E-state index in [1.807, 2.05) is 0 Å². The summed E-state index contributed by atoms with van der Waals surface area (Å²) in [6.45, 7) is 1.58. The van der Waals surface area contributed by atoms with Gasteiger partial charge in [0, 0.05) is 18.3 Å². The van der Waals surface area contributed by atoms with E-state index in [0.717, 1.165) is 0 Å². The Morgan fingerprint density at radius 3 is 2.79 bits per heavy atom. The molecule has 0 saturated carbocycles. The Balaban J connectivity index is 3.24. The van der Waals surface area contributed by atoms with Crippen LogP contribution in [-0.2, 0) is 9.84 Å². The predicted octanol–water partition coefficient (Wildman–Crippen LogP) is 2.25. The van der Waals surface area contributed by atoms with Gasteiger partial charge in [-0.2, -0.15) is 0 Å². The van der Waals surface area contributed by atoms with Crippen molar-refractivity contribution in [3.63, 3.8) is 0 Å². The van der Waals surface area contributed by atoms with Gasteiger partial charge in [0.25, 0.3) is 0 Å². The number of nitrogens with zero attached hydrogens (tertiary/aromatic N) is 1. The number of hydrogen-bond donors (Lipinski definition) is 0. The number of rotatable bonds is 3. The van der Waals surface area contributed by atoms with Crippen molar-refractivity contribution in [3.8, 4) is 0 Å². The molecule has 0 fully saturated rings. The highest BCUT2D eigenvalue weighted by Crippen LogP contribution is 2.24. The Hall–Kier alpha value is -0.130. The topological polar surface area (TPSA) is 47.0 Å². The van der Waals surface area contributed by atoms with E-state index in [1.54, 1.807) is 6.92 Å². The molecule has 0 amide bonds. The summed E-state index contributed by atoms with van der Waals surface area (Å²) >= 11 is 8.67. The van der Waals surface area contributed by atoms with Gasteiger partial charge in [-0.25, -0.2) is 8.42 Å². The van der Waals surface area contributed by atoms with Crippen molar-refractivity contribution in [2.75, 3.05) is 5.88 Å². The minimum atomic E-state index is -3.34. The van der Waals surface area contributed by atoms with Crippen molar-refractivity contribution in [1.29, 1.82) is 0 Å². The molecule has 78 valence electrons. The zero-order valence-corrected chi connectivity index (χ0v) is 10.6. The number of pyridine rings is 1. The number of halogens is 2. The average molecular weight is 299 g/mol. The Morgan fingerprint density at radius 2 is 2.29 bits per heavy atom. The van der Waals surface area contributed by atoms with Crippen LogP contribution in [0.3, 0.4) is 0 Å². The summed E-state index contributed by atoms with van der Waals surface area (Å²) in [6.07, 6.45) is 2.90. The standard InChI is InChI=1S/C8H9BrClNO2S/c1-6(4-10)14(12,13)8-2-3-11-5-7(8)9/h2-3,5-6H,4H2,1H3. The van der Waals surface area contributed by atoms with E-state index in [1.165, 1.54) is 18.5 Å². The Bertz CT molecular complexity index is 421. The molecule has 0 spiro atoms. The molecule has 0 saturated heterocycles. The predicted molar refractivity (Wildman–Crippen MR) is 59.3 cm³/mol. The lowest BCUT2D eigenvalue weighted by molar-refractivity contribution is 0.587. The summed E-state index contributed by atoms with van der Waals surface area (Å²) in [5.41, 5.74) is 0. The fourth-order valence-electron chi connectivity index (χ4n) is 0.893. The van der Waals surface area contributed by atoms with Crippen molar-refractivity contribution in [2.24, 2.45) is 0 Å². The van der Waals surface area contributed by atoms with Crippen LogP contribution >= 0.6 is 27.5 Å². The molecule has 0 aliphatic rings. The van der Waals surface area contributed by atoms with Crippen LogP contribution in [0.5, 0.6) is 0 Å². The third kappa shape index (κ3) is 2.27. The summed E-state index contributed by atoms with van der Waals surface area (Å²) in [6, 6.07) is 1.46. The molecule has 3 nitrogen and oxygen atoms in total. The molecule has 1 unspecified atom stereocenters. The molecule has 0 bridgehead atoms. The van der Waals surface area contributed by atoms with Crippen molar-refractivity contribution in [3.05, 3.63) is 22.9 Å². The first-order chi connectivity index (χ1) is 6.50. The molecule has 0 radical (unpaired) electrons. The monoisotopic (exact) mass is 297 g/mol. The van der Waals surface area contributed by atoms with E-state index in [-0.39, 0.29) is 10.8 Å². The summed E-state index contributed by atoms with van der Waals surface area (Å²) in [5, 5.41) is -0.595. The first-order valence-corrected chi connectivity index (χ1v) is 6.77. The van der Waals surface area contributed by atoms with Gasteiger partial charge in [-0.3, -0.25) is 4.98 Å². The smallest absolute Gasteiger partial charge is 0.183 e. The van der Waals surface area contributed by atoms with Gasteiger partial charge in [0.15, 0.2) is 9.84 Å². The highest BCUT2D eigenvalue weighted by atomic mass is 79.9. The molecule has 1 atom stereocenters. The quantitative estimate of drug-likeness (QED) is 0.804. The van der Waals surface area contributed by atoms with E-state index in [2.05, 4.69) is 20.9 Å². The second-order valence-corrected chi connectivity index (χ2v) is 6.31. The van der Waals surface area contributed by atoms with Gasteiger partial charge in [0.1, 0.15) is 0 Å². The molecule has 0 aromatic carbocycles. The maximum absolute atomic E-state index is 11.8. The summed E-state index contributed by atoms with van der Waals surface area (Å²) < 4.78 is 24.2. The van der Waals surface area contributed by atoms with Gasteiger partial charge >= 0.3 is 0 Å². The second kappa shape index (κ2) is 4.59. The average Bonchev–Trinajstić information content (AvgIpc) is 2.17. The first kappa shape index (κ1) is 11.9. The van der Waals surface area contributed by atoms with Gasteiger partial charge in [0.2, 0.25) is 0 Å². The zero-order chi connectivity index (χ0) is 10.8. The van der Waals surface area contributed by atoms with Gasteiger partial charge < -0.3 is 0 Å². The molecule has 1 aromatic heterocycles. The highest BCUT2D eigenvalue weighted by molar-refractivity contribution is 9.10. The van der Waals surface area contributed by atoms with E-state index >= 15 is 0 Å². The van der Waals surface area contributed by atoms with Crippen LogP contribution in [-0.4, -0.2) is 24.5 Å². The van der Waals surface area contributed by atoms with Crippen LogP contribution in [0, 0.1) is 0 Å². The molecule has 6 heteroatoms. The number of aromatic nitrogens is 1. The SMILES string of the molecule is CC(CCl)S(=O)(=O)c1ccncc1Br. The van der Waals surface area contributed by atoms with Crippen LogP contribution in [0.25, 0.3) is 0 Å². The van der Waals surface area contributed by atoms with Gasteiger partial charge in [-0.15, -0.1) is 11.6 Å². The minimum Gasteiger partial charge on any atom is -0.263 e. The van der Waals surface area contributed by atoms with Crippen LogP contribution in [0.2, 0.25) is 0 Å². The van der Waals surface area contributed by atoms with Crippen molar-refractivity contribution in [1.82, 2.24) is 4.98 Å². The van der Waals surface area contributed by atoms with Crippen LogP contribution in [0.4, 0.5) is 0 Å². The molecule has 14 heavy (non-hydrogen) atoms. The normalized spacial score (nSPS) is 13.9. The van der Waals surface area contributed by atoms with E-state index in [9.17, 15) is 8.42 Å². The van der Waals surface area contributed by atoms with E-state index in [0.29, 0.717) is 4.47 Å². The molecular weight excluding hydrogens is 290 g/mol. The lowest BCUT2D eigenvalue weighted by Gasteiger charge is -2.10. The molecule has 0 aliphatic carbocycles. The molecule has 0 aliphatic heterocycles. The molecular formula is C8H9BrClNO2S. The summed E-state index contributed by atoms with van der Waals surface area (Å²) in [7, 11) is -3.34.